The normalized spacial score (nSPS) is 11.0. The third-order valence-electron chi connectivity index (χ3n) is 4.36. The number of hydrogen-bond donors (Lipinski definition) is 1. The third-order valence-corrected chi connectivity index (χ3v) is 4.36. The molecule has 26 heavy (non-hydrogen) atoms. The Morgan fingerprint density at radius 2 is 2.08 bits per heavy atom. The van der Waals surface area contributed by atoms with Crippen molar-refractivity contribution in [2.24, 2.45) is 14.1 Å². The summed E-state index contributed by atoms with van der Waals surface area (Å²) in [7, 11) is 3.81. The molecule has 1 amide bonds. The minimum Gasteiger partial charge on any atom is -0.350 e. The lowest BCUT2D eigenvalue weighted by Gasteiger charge is -2.09. The molecule has 0 bridgehead atoms. The molecule has 7 heteroatoms. The van der Waals surface area contributed by atoms with E-state index in [-0.39, 0.29) is 5.91 Å². The second-order valence-corrected chi connectivity index (χ2v) is 6.10. The number of carbonyl (C=O) groups excluding carboxylic acids is 1. The quantitative estimate of drug-likeness (QED) is 0.615. The molecule has 0 spiro atoms. The van der Waals surface area contributed by atoms with Gasteiger partial charge in [0.2, 0.25) is 0 Å². The summed E-state index contributed by atoms with van der Waals surface area (Å²) < 4.78 is 3.73. The van der Waals surface area contributed by atoms with Gasteiger partial charge in [0.05, 0.1) is 16.9 Å². The van der Waals surface area contributed by atoms with Crippen LogP contribution in [0.4, 0.5) is 0 Å². The van der Waals surface area contributed by atoms with Crippen LogP contribution in [0.3, 0.4) is 0 Å². The first kappa shape index (κ1) is 16.0. The lowest BCUT2D eigenvalue weighted by Crippen LogP contribution is -2.24. The van der Waals surface area contributed by atoms with Crippen molar-refractivity contribution in [3.8, 4) is 11.4 Å². The molecule has 4 rings (SSSR count). The van der Waals surface area contributed by atoms with Gasteiger partial charge in [0.25, 0.3) is 5.91 Å². The van der Waals surface area contributed by atoms with Crippen LogP contribution in [-0.2, 0) is 20.6 Å². The number of carbonyl (C=O) groups is 1. The fourth-order valence-electron chi connectivity index (χ4n) is 2.96. The molecule has 0 radical (unpaired) electrons. The molecule has 0 aliphatic heterocycles. The SMILES string of the molecule is Cn1nccc1-c1cc2c(ccn2C)c(C(=O)NCc2cccnc2)n1. The zero-order chi connectivity index (χ0) is 18.1. The Hall–Kier alpha value is -3.48. The standard InChI is InChI=1S/C19H18N6O/c1-24-9-6-14-17(24)10-15(16-5-8-22-25(16)2)23-18(14)19(26)21-12-13-4-3-7-20-11-13/h3-11H,12H2,1-2H3,(H,21,26). The van der Waals surface area contributed by atoms with E-state index in [9.17, 15) is 4.79 Å². The molecule has 0 saturated heterocycles. The van der Waals surface area contributed by atoms with Crippen molar-refractivity contribution in [2.75, 3.05) is 0 Å². The Morgan fingerprint density at radius 1 is 1.19 bits per heavy atom. The van der Waals surface area contributed by atoms with E-state index in [2.05, 4.69) is 20.4 Å². The van der Waals surface area contributed by atoms with Gasteiger partial charge in [-0.3, -0.25) is 14.5 Å². The summed E-state index contributed by atoms with van der Waals surface area (Å²) in [6.07, 6.45) is 7.08. The fourth-order valence-corrected chi connectivity index (χ4v) is 2.96. The van der Waals surface area contributed by atoms with E-state index in [0.29, 0.717) is 17.9 Å². The second kappa shape index (κ2) is 6.44. The van der Waals surface area contributed by atoms with Crippen molar-refractivity contribution in [3.05, 3.63) is 66.4 Å². The van der Waals surface area contributed by atoms with Crippen molar-refractivity contribution < 1.29 is 4.79 Å². The van der Waals surface area contributed by atoms with Crippen LogP contribution in [0.25, 0.3) is 22.3 Å². The van der Waals surface area contributed by atoms with Crippen LogP contribution in [-0.4, -0.2) is 30.2 Å². The topological polar surface area (TPSA) is 77.6 Å². The first-order valence-corrected chi connectivity index (χ1v) is 8.25. The average Bonchev–Trinajstić information content (AvgIpc) is 3.26. The minimum atomic E-state index is -0.214. The highest BCUT2D eigenvalue weighted by Crippen LogP contribution is 2.25. The lowest BCUT2D eigenvalue weighted by atomic mass is 10.1. The zero-order valence-electron chi connectivity index (χ0n) is 14.5. The Kier molecular flexibility index (Phi) is 3.96. The number of amides is 1. The van der Waals surface area contributed by atoms with E-state index in [4.69, 9.17) is 0 Å². The van der Waals surface area contributed by atoms with Gasteiger partial charge in [0.1, 0.15) is 5.69 Å². The van der Waals surface area contributed by atoms with Crippen LogP contribution in [0.2, 0.25) is 0 Å². The fraction of sp³-hybridized carbons (Fsp3) is 0.158. The first-order chi connectivity index (χ1) is 12.6. The predicted molar refractivity (Wildman–Crippen MR) is 98.3 cm³/mol. The maximum absolute atomic E-state index is 12.8. The van der Waals surface area contributed by atoms with Gasteiger partial charge in [-0.2, -0.15) is 5.10 Å². The molecule has 4 aromatic rings. The number of aryl methyl sites for hydroxylation is 2. The Balaban J connectivity index is 1.73. The maximum Gasteiger partial charge on any atom is 0.270 e. The highest BCUT2D eigenvalue weighted by molar-refractivity contribution is 6.05. The van der Waals surface area contributed by atoms with Crippen molar-refractivity contribution >= 4 is 16.8 Å². The number of nitrogens with zero attached hydrogens (tertiary/aromatic N) is 5. The summed E-state index contributed by atoms with van der Waals surface area (Å²) in [4.78, 5) is 21.5. The van der Waals surface area contributed by atoms with Gasteiger partial charge in [0.15, 0.2) is 0 Å². The Labute approximate surface area is 150 Å². The summed E-state index contributed by atoms with van der Waals surface area (Å²) in [5.74, 6) is -0.214. The van der Waals surface area contributed by atoms with Gasteiger partial charge in [-0.15, -0.1) is 0 Å². The van der Waals surface area contributed by atoms with Gasteiger partial charge < -0.3 is 9.88 Å². The van der Waals surface area contributed by atoms with Crippen LogP contribution in [0, 0.1) is 0 Å². The minimum absolute atomic E-state index is 0.214. The zero-order valence-corrected chi connectivity index (χ0v) is 14.5. The smallest absolute Gasteiger partial charge is 0.270 e. The van der Waals surface area contributed by atoms with Gasteiger partial charge in [-0.25, -0.2) is 4.98 Å². The van der Waals surface area contributed by atoms with Crippen LogP contribution in [0.15, 0.2) is 55.1 Å². The van der Waals surface area contributed by atoms with Crippen LogP contribution >= 0.6 is 0 Å². The van der Waals surface area contributed by atoms with Crippen LogP contribution in [0.1, 0.15) is 16.1 Å². The van der Waals surface area contributed by atoms with Gasteiger partial charge in [-0.05, 0) is 29.8 Å². The highest BCUT2D eigenvalue weighted by Gasteiger charge is 2.17. The molecule has 7 nitrogen and oxygen atoms in total. The summed E-state index contributed by atoms with van der Waals surface area (Å²) >= 11 is 0. The summed E-state index contributed by atoms with van der Waals surface area (Å²) in [6, 6.07) is 9.54. The maximum atomic E-state index is 12.8. The summed E-state index contributed by atoms with van der Waals surface area (Å²) in [5, 5.41) is 7.95. The van der Waals surface area contributed by atoms with Crippen molar-refractivity contribution in [1.29, 1.82) is 0 Å². The van der Waals surface area contributed by atoms with Gasteiger partial charge >= 0.3 is 0 Å². The van der Waals surface area contributed by atoms with E-state index in [1.54, 1.807) is 23.3 Å². The van der Waals surface area contributed by atoms with E-state index < -0.39 is 0 Å². The molecule has 130 valence electrons. The summed E-state index contributed by atoms with van der Waals surface area (Å²) in [6.45, 7) is 0.401. The molecule has 0 aliphatic carbocycles. The molecule has 1 N–H and O–H groups in total. The molecule has 0 aliphatic rings. The van der Waals surface area contributed by atoms with Crippen molar-refractivity contribution in [3.63, 3.8) is 0 Å². The Morgan fingerprint density at radius 3 is 2.81 bits per heavy atom. The van der Waals surface area contributed by atoms with E-state index >= 15 is 0 Å². The predicted octanol–water partition coefficient (Wildman–Crippen LogP) is 2.30. The third kappa shape index (κ3) is 2.83. The average molecular weight is 346 g/mol. The molecule has 4 aromatic heterocycles. The van der Waals surface area contributed by atoms with Crippen molar-refractivity contribution in [2.45, 2.75) is 6.54 Å². The summed E-state index contributed by atoms with van der Waals surface area (Å²) in [5.41, 5.74) is 3.86. The molecule has 4 heterocycles. The largest absolute Gasteiger partial charge is 0.350 e. The number of hydrogen-bond acceptors (Lipinski definition) is 4. The molecular weight excluding hydrogens is 328 g/mol. The monoisotopic (exact) mass is 346 g/mol. The van der Waals surface area contributed by atoms with Crippen molar-refractivity contribution in [1.82, 2.24) is 29.6 Å². The number of pyridine rings is 2. The number of nitrogens with one attached hydrogen (secondary N) is 1. The first-order valence-electron chi connectivity index (χ1n) is 8.25. The molecule has 0 unspecified atom stereocenters. The number of aromatic nitrogens is 5. The molecule has 0 saturated carbocycles. The number of rotatable bonds is 4. The molecule has 0 atom stereocenters. The lowest BCUT2D eigenvalue weighted by molar-refractivity contribution is 0.0948. The van der Waals surface area contributed by atoms with Crippen LogP contribution in [0.5, 0.6) is 0 Å². The highest BCUT2D eigenvalue weighted by atomic mass is 16.1. The second-order valence-electron chi connectivity index (χ2n) is 6.10. The molecular formula is C19H18N6O. The van der Waals surface area contributed by atoms with E-state index in [1.807, 2.05) is 55.2 Å². The number of fused-ring (bicyclic) bond motifs is 1. The Bertz CT molecular complexity index is 1080. The van der Waals surface area contributed by atoms with E-state index in [1.165, 1.54) is 0 Å². The van der Waals surface area contributed by atoms with Crippen LogP contribution < -0.4 is 5.32 Å². The van der Waals surface area contributed by atoms with E-state index in [0.717, 1.165) is 22.2 Å². The van der Waals surface area contributed by atoms with Gasteiger partial charge in [-0.1, -0.05) is 6.07 Å². The van der Waals surface area contributed by atoms with Gasteiger partial charge in [0, 0.05) is 50.8 Å². The molecule has 0 fully saturated rings. The molecule has 0 aromatic carbocycles.